The second-order valence-electron chi connectivity index (χ2n) is 8.68. The summed E-state index contributed by atoms with van der Waals surface area (Å²) in [5, 5.41) is 4.48. The Morgan fingerprint density at radius 1 is 1.04 bits per heavy atom. The Hall–Kier alpha value is -1.65. The second kappa shape index (κ2) is 6.21. The van der Waals surface area contributed by atoms with E-state index in [9.17, 15) is 0 Å². The molecule has 0 unspecified atom stereocenters. The maximum absolute atomic E-state index is 4.48. The molecule has 5 heterocycles. The van der Waals surface area contributed by atoms with Gasteiger partial charge in [0, 0.05) is 49.4 Å². The molecule has 0 saturated carbocycles. The summed E-state index contributed by atoms with van der Waals surface area (Å²) in [7, 11) is 2.05. The lowest BCUT2D eigenvalue weighted by Crippen LogP contribution is -2.59. The van der Waals surface area contributed by atoms with E-state index in [1.54, 1.807) is 0 Å². The third-order valence-electron chi connectivity index (χ3n) is 7.31. The van der Waals surface area contributed by atoms with Gasteiger partial charge in [0.1, 0.15) is 0 Å². The second-order valence-corrected chi connectivity index (χ2v) is 8.68. The van der Waals surface area contributed by atoms with Crippen LogP contribution in [0.3, 0.4) is 0 Å². The number of aryl methyl sites for hydroxylation is 2. The molecule has 0 spiro atoms. The molecule has 6 rings (SSSR count). The Morgan fingerprint density at radius 3 is 2.42 bits per heavy atom. The van der Waals surface area contributed by atoms with Gasteiger partial charge in [0.2, 0.25) is 0 Å². The molecule has 138 valence electrons. The first-order chi connectivity index (χ1) is 12.6. The van der Waals surface area contributed by atoms with Crippen molar-refractivity contribution < 1.29 is 0 Å². The standard InChI is InChI=1S/C22H30N4/c1-15-4-6-17(7-5-15)20-14-26(13-19-12-23-24(3)16(19)2)21-18-8-10-25(11-9-18)22(20)21/h4-7,12,18,20-22H,8-11,13-14H2,1-3H3/t20-,21+,22+/m1/s1. The zero-order valence-electron chi connectivity index (χ0n) is 16.2. The van der Waals surface area contributed by atoms with Gasteiger partial charge in [-0.2, -0.15) is 5.10 Å². The predicted molar refractivity (Wildman–Crippen MR) is 104 cm³/mol. The van der Waals surface area contributed by atoms with Crippen LogP contribution < -0.4 is 0 Å². The van der Waals surface area contributed by atoms with E-state index in [4.69, 9.17) is 0 Å². The lowest BCUT2D eigenvalue weighted by molar-refractivity contribution is -0.00873. The fourth-order valence-electron chi connectivity index (χ4n) is 5.75. The highest BCUT2D eigenvalue weighted by molar-refractivity contribution is 5.30. The van der Waals surface area contributed by atoms with E-state index in [-0.39, 0.29) is 0 Å². The first-order valence-electron chi connectivity index (χ1n) is 10.1. The molecule has 3 atom stereocenters. The largest absolute Gasteiger partial charge is 0.298 e. The first kappa shape index (κ1) is 16.5. The Labute approximate surface area is 156 Å². The van der Waals surface area contributed by atoms with Crippen molar-refractivity contribution in [2.24, 2.45) is 13.0 Å². The molecule has 4 aliphatic rings. The number of nitrogens with zero attached hydrogens (tertiary/aromatic N) is 4. The third-order valence-corrected chi connectivity index (χ3v) is 7.31. The van der Waals surface area contributed by atoms with Gasteiger partial charge in [-0.15, -0.1) is 0 Å². The van der Waals surface area contributed by atoms with Gasteiger partial charge in [-0.25, -0.2) is 0 Å². The van der Waals surface area contributed by atoms with E-state index in [0.717, 1.165) is 12.5 Å². The fraction of sp³-hybridized carbons (Fsp3) is 0.591. The average molecular weight is 351 g/mol. The lowest BCUT2D eigenvalue weighted by atomic mass is 9.75. The summed E-state index contributed by atoms with van der Waals surface area (Å²) in [5.74, 6) is 1.51. The summed E-state index contributed by atoms with van der Waals surface area (Å²) < 4.78 is 2.01. The van der Waals surface area contributed by atoms with Crippen molar-refractivity contribution in [1.82, 2.24) is 19.6 Å². The number of benzene rings is 1. The van der Waals surface area contributed by atoms with Gasteiger partial charge in [0.25, 0.3) is 0 Å². The highest BCUT2D eigenvalue weighted by Gasteiger charge is 2.53. The minimum Gasteiger partial charge on any atom is -0.298 e. The zero-order chi connectivity index (χ0) is 17.8. The highest BCUT2D eigenvalue weighted by atomic mass is 15.3. The van der Waals surface area contributed by atoms with Crippen molar-refractivity contribution in [3.63, 3.8) is 0 Å². The normalized spacial score (nSPS) is 33.6. The van der Waals surface area contributed by atoms with E-state index < -0.39 is 0 Å². The minimum absolute atomic E-state index is 0.640. The van der Waals surface area contributed by atoms with Gasteiger partial charge in [0.15, 0.2) is 0 Å². The van der Waals surface area contributed by atoms with Crippen LogP contribution in [0.2, 0.25) is 0 Å². The first-order valence-corrected chi connectivity index (χ1v) is 10.1. The van der Waals surface area contributed by atoms with Gasteiger partial charge in [-0.1, -0.05) is 29.8 Å². The number of hydrogen-bond acceptors (Lipinski definition) is 3. The van der Waals surface area contributed by atoms with Crippen molar-refractivity contribution in [2.45, 2.75) is 51.2 Å². The van der Waals surface area contributed by atoms with Crippen LogP contribution in [-0.2, 0) is 13.6 Å². The SMILES string of the molecule is Cc1ccc([C@H]2CN(Cc3cnn(C)c3C)[C@H]3C4CCN(CC4)[C@@H]23)cc1. The molecule has 4 saturated heterocycles. The molecule has 4 aliphatic heterocycles. The summed E-state index contributed by atoms with van der Waals surface area (Å²) in [6, 6.07) is 10.7. The van der Waals surface area contributed by atoms with E-state index in [2.05, 4.69) is 66.3 Å². The quantitative estimate of drug-likeness (QED) is 0.850. The van der Waals surface area contributed by atoms with Crippen LogP contribution in [0.25, 0.3) is 0 Å². The van der Waals surface area contributed by atoms with Crippen molar-refractivity contribution in [1.29, 1.82) is 0 Å². The summed E-state index contributed by atoms with van der Waals surface area (Å²) in [4.78, 5) is 5.58. The summed E-state index contributed by atoms with van der Waals surface area (Å²) in [6.45, 7) is 9.21. The highest BCUT2D eigenvalue weighted by Crippen LogP contribution is 2.47. The van der Waals surface area contributed by atoms with Gasteiger partial charge >= 0.3 is 0 Å². The van der Waals surface area contributed by atoms with Crippen LogP contribution in [0.15, 0.2) is 30.5 Å². The molecule has 2 bridgehead atoms. The van der Waals surface area contributed by atoms with Crippen LogP contribution in [-0.4, -0.2) is 51.3 Å². The Balaban J connectivity index is 1.48. The van der Waals surface area contributed by atoms with Crippen LogP contribution in [0.1, 0.15) is 41.1 Å². The molecule has 1 aromatic carbocycles. The van der Waals surface area contributed by atoms with E-state index >= 15 is 0 Å². The third kappa shape index (κ3) is 2.54. The van der Waals surface area contributed by atoms with Crippen LogP contribution >= 0.6 is 0 Å². The van der Waals surface area contributed by atoms with Crippen molar-refractivity contribution >= 4 is 0 Å². The lowest BCUT2D eigenvalue weighted by Gasteiger charge is -2.51. The minimum atomic E-state index is 0.640. The van der Waals surface area contributed by atoms with Gasteiger partial charge in [0.05, 0.1) is 6.20 Å². The number of rotatable bonds is 3. The maximum Gasteiger partial charge on any atom is 0.0537 e. The molecule has 0 amide bonds. The number of hydrogen-bond donors (Lipinski definition) is 0. The topological polar surface area (TPSA) is 24.3 Å². The van der Waals surface area contributed by atoms with Crippen LogP contribution in [0, 0.1) is 19.8 Å². The van der Waals surface area contributed by atoms with Crippen LogP contribution in [0.4, 0.5) is 0 Å². The van der Waals surface area contributed by atoms with Gasteiger partial charge < -0.3 is 0 Å². The van der Waals surface area contributed by atoms with E-state index in [1.807, 2.05) is 4.68 Å². The van der Waals surface area contributed by atoms with E-state index in [1.165, 1.54) is 54.9 Å². The smallest absolute Gasteiger partial charge is 0.0537 e. The number of piperidine rings is 3. The fourth-order valence-corrected chi connectivity index (χ4v) is 5.75. The number of fused-ring (bicyclic) bond motifs is 2. The molecule has 4 heteroatoms. The molecule has 26 heavy (non-hydrogen) atoms. The monoisotopic (exact) mass is 350 g/mol. The number of aromatic nitrogens is 2. The van der Waals surface area contributed by atoms with Crippen molar-refractivity contribution in [3.8, 4) is 0 Å². The zero-order valence-corrected chi connectivity index (χ0v) is 16.2. The molecule has 2 aromatic rings. The summed E-state index contributed by atoms with van der Waals surface area (Å²) in [6.07, 6.45) is 4.83. The van der Waals surface area contributed by atoms with Crippen molar-refractivity contribution in [2.75, 3.05) is 19.6 Å². The molecule has 0 aliphatic carbocycles. The van der Waals surface area contributed by atoms with Crippen LogP contribution in [0.5, 0.6) is 0 Å². The number of likely N-dealkylation sites (tertiary alicyclic amines) is 1. The molecular weight excluding hydrogens is 320 g/mol. The average Bonchev–Trinajstić information content (AvgIpc) is 3.21. The van der Waals surface area contributed by atoms with Gasteiger partial charge in [-0.05, 0) is 51.3 Å². The van der Waals surface area contributed by atoms with Crippen molar-refractivity contribution in [3.05, 3.63) is 52.8 Å². The predicted octanol–water partition coefficient (Wildman–Crippen LogP) is 3.10. The van der Waals surface area contributed by atoms with E-state index in [0.29, 0.717) is 18.0 Å². The molecule has 1 aromatic heterocycles. The molecule has 4 nitrogen and oxygen atoms in total. The molecule has 0 radical (unpaired) electrons. The Morgan fingerprint density at radius 2 is 1.77 bits per heavy atom. The van der Waals surface area contributed by atoms with Gasteiger partial charge in [-0.3, -0.25) is 14.5 Å². The summed E-state index contributed by atoms with van der Waals surface area (Å²) >= 11 is 0. The summed E-state index contributed by atoms with van der Waals surface area (Å²) in [5.41, 5.74) is 5.59. The Kier molecular flexibility index (Phi) is 3.94. The maximum atomic E-state index is 4.48. The molecule has 4 fully saturated rings. The Bertz CT molecular complexity index is 785. The molecule has 0 N–H and O–H groups in total. The molecular formula is C22H30N4.